The third-order valence-corrected chi connectivity index (χ3v) is 10.3. The molecule has 0 aromatic heterocycles. The van der Waals surface area contributed by atoms with Gasteiger partial charge in [-0.3, -0.25) is 4.79 Å². The molecule has 0 saturated heterocycles. The van der Waals surface area contributed by atoms with Crippen molar-refractivity contribution in [2.45, 2.75) is 70.6 Å². The molecule has 0 spiro atoms. The topological polar surface area (TPSA) is 137 Å². The number of fused-ring (bicyclic) bond motifs is 1. The van der Waals surface area contributed by atoms with Crippen molar-refractivity contribution in [3.05, 3.63) is 88.5 Å². The zero-order chi connectivity index (χ0) is 41.0. The highest BCUT2D eigenvalue weighted by Gasteiger charge is 2.29. The standard InChI is InChI=1S/C45H55N3O10/c1-28-15-17-33-32(21-28)45(49)47-44(46-33)29-16-18-35(37(22-29)50-2)56-19-13-11-9-8-10-12-14-20-57-43-40(53-5)25-31(26-41(43)54-6)36-27-34(48-58-36)30-23-38(51-3)42(55-7)39(24-30)52-4/h15-18,21-26,36,44,46H,8-14,19-20,27H2,1-7H3,(H,47,49). The average Bonchev–Trinajstić information content (AvgIpc) is 3.75. The third kappa shape index (κ3) is 9.75. The van der Waals surface area contributed by atoms with Gasteiger partial charge in [0.2, 0.25) is 11.5 Å². The molecule has 2 N–H and O–H groups in total. The summed E-state index contributed by atoms with van der Waals surface area (Å²) in [5.41, 5.74) is 5.83. The summed E-state index contributed by atoms with van der Waals surface area (Å²) in [6, 6.07) is 19.2. The second-order valence-electron chi connectivity index (χ2n) is 14.2. The Kier molecular flexibility index (Phi) is 14.3. The number of ether oxygens (including phenoxy) is 8. The van der Waals surface area contributed by atoms with Crippen molar-refractivity contribution in [2.24, 2.45) is 5.16 Å². The van der Waals surface area contributed by atoms with Crippen LogP contribution in [0, 0.1) is 6.92 Å². The van der Waals surface area contributed by atoms with Crippen LogP contribution < -0.4 is 48.5 Å². The Hall–Kier alpha value is -5.98. The molecule has 2 aliphatic heterocycles. The van der Waals surface area contributed by atoms with Gasteiger partial charge in [-0.15, -0.1) is 0 Å². The van der Waals surface area contributed by atoms with Crippen LogP contribution in [0.15, 0.2) is 65.8 Å². The molecule has 2 heterocycles. The Morgan fingerprint density at radius 3 is 1.81 bits per heavy atom. The van der Waals surface area contributed by atoms with Gasteiger partial charge in [0.25, 0.3) is 5.91 Å². The summed E-state index contributed by atoms with van der Waals surface area (Å²) in [4.78, 5) is 18.6. The van der Waals surface area contributed by atoms with E-state index in [0.29, 0.717) is 71.2 Å². The molecule has 2 atom stereocenters. The number of unbranched alkanes of at least 4 members (excludes halogenated alkanes) is 6. The van der Waals surface area contributed by atoms with Crippen LogP contribution in [0.2, 0.25) is 0 Å². The van der Waals surface area contributed by atoms with Gasteiger partial charge >= 0.3 is 0 Å². The Labute approximate surface area is 340 Å². The van der Waals surface area contributed by atoms with E-state index in [-0.39, 0.29) is 18.2 Å². The molecule has 310 valence electrons. The van der Waals surface area contributed by atoms with Gasteiger partial charge in [-0.05, 0) is 73.9 Å². The van der Waals surface area contributed by atoms with Crippen LogP contribution in [0.25, 0.3) is 0 Å². The van der Waals surface area contributed by atoms with Gasteiger partial charge in [0.15, 0.2) is 40.6 Å². The number of hydrogen-bond acceptors (Lipinski definition) is 12. The number of methoxy groups -OCH3 is 6. The minimum Gasteiger partial charge on any atom is -0.493 e. The number of aryl methyl sites for hydroxylation is 1. The summed E-state index contributed by atoms with van der Waals surface area (Å²) in [7, 11) is 9.60. The van der Waals surface area contributed by atoms with Gasteiger partial charge in [0, 0.05) is 23.2 Å². The normalized spacial score (nSPS) is 15.6. The monoisotopic (exact) mass is 797 g/mol. The summed E-state index contributed by atoms with van der Waals surface area (Å²) in [5, 5.41) is 10.8. The van der Waals surface area contributed by atoms with E-state index in [1.807, 2.05) is 67.6 Å². The number of benzene rings is 4. The van der Waals surface area contributed by atoms with Gasteiger partial charge < -0.3 is 53.4 Å². The van der Waals surface area contributed by atoms with E-state index in [1.165, 1.54) is 0 Å². The summed E-state index contributed by atoms with van der Waals surface area (Å²) in [6.07, 6.45) is 7.22. The largest absolute Gasteiger partial charge is 0.493 e. The van der Waals surface area contributed by atoms with E-state index in [0.717, 1.165) is 78.6 Å². The predicted molar refractivity (Wildman–Crippen MR) is 222 cm³/mol. The molecule has 1 amide bonds. The Morgan fingerprint density at radius 1 is 0.603 bits per heavy atom. The minimum absolute atomic E-state index is 0.101. The van der Waals surface area contributed by atoms with Crippen molar-refractivity contribution < 1.29 is 47.5 Å². The molecule has 4 aromatic carbocycles. The quantitative estimate of drug-likeness (QED) is 0.0782. The lowest BCUT2D eigenvalue weighted by Gasteiger charge is -2.28. The number of anilines is 1. The van der Waals surface area contributed by atoms with Gasteiger partial charge in [-0.25, -0.2) is 0 Å². The van der Waals surface area contributed by atoms with Crippen molar-refractivity contribution in [3.8, 4) is 46.0 Å². The van der Waals surface area contributed by atoms with Gasteiger partial charge in [0.1, 0.15) is 6.17 Å². The van der Waals surface area contributed by atoms with E-state index in [1.54, 1.807) is 42.7 Å². The summed E-state index contributed by atoms with van der Waals surface area (Å²) in [5.74, 6) is 4.55. The molecule has 2 unspecified atom stereocenters. The lowest BCUT2D eigenvalue weighted by molar-refractivity contribution is 0.0852. The first-order valence-corrected chi connectivity index (χ1v) is 19.7. The fraction of sp³-hybridized carbons (Fsp3) is 0.422. The Bertz CT molecular complexity index is 2020. The molecule has 0 bridgehead atoms. The summed E-state index contributed by atoms with van der Waals surface area (Å²) >= 11 is 0. The fourth-order valence-electron chi connectivity index (χ4n) is 7.17. The van der Waals surface area contributed by atoms with E-state index >= 15 is 0 Å². The van der Waals surface area contributed by atoms with Crippen molar-refractivity contribution in [3.63, 3.8) is 0 Å². The number of rotatable bonds is 21. The minimum atomic E-state index is -0.360. The molecule has 0 radical (unpaired) electrons. The number of carbonyl (C=O) groups is 1. The fourth-order valence-corrected chi connectivity index (χ4v) is 7.17. The zero-order valence-electron chi connectivity index (χ0n) is 34.5. The lowest BCUT2D eigenvalue weighted by Crippen LogP contribution is -2.38. The van der Waals surface area contributed by atoms with Gasteiger partial charge in [-0.2, -0.15) is 0 Å². The average molecular weight is 798 g/mol. The predicted octanol–water partition coefficient (Wildman–Crippen LogP) is 8.95. The Balaban J connectivity index is 0.895. The second kappa shape index (κ2) is 19.9. The van der Waals surface area contributed by atoms with Crippen molar-refractivity contribution >= 4 is 17.3 Å². The third-order valence-electron chi connectivity index (χ3n) is 10.3. The first kappa shape index (κ1) is 41.6. The van der Waals surface area contributed by atoms with E-state index < -0.39 is 0 Å². The maximum Gasteiger partial charge on any atom is 0.255 e. The van der Waals surface area contributed by atoms with Gasteiger partial charge in [-0.1, -0.05) is 55.0 Å². The van der Waals surface area contributed by atoms with Crippen molar-refractivity contribution in [1.82, 2.24) is 5.32 Å². The molecule has 0 fully saturated rings. The van der Waals surface area contributed by atoms with Crippen LogP contribution in [0.4, 0.5) is 5.69 Å². The smallest absolute Gasteiger partial charge is 0.255 e. The number of carbonyl (C=O) groups excluding carboxylic acids is 1. The maximum absolute atomic E-state index is 12.7. The molecule has 0 aliphatic carbocycles. The lowest BCUT2D eigenvalue weighted by atomic mass is 9.99. The number of oxime groups is 1. The van der Waals surface area contributed by atoms with E-state index in [9.17, 15) is 4.79 Å². The van der Waals surface area contributed by atoms with Crippen LogP contribution in [-0.2, 0) is 4.84 Å². The highest BCUT2D eigenvalue weighted by Crippen LogP contribution is 2.44. The Morgan fingerprint density at radius 2 is 1.19 bits per heavy atom. The molecular weight excluding hydrogens is 743 g/mol. The molecule has 13 heteroatoms. The van der Waals surface area contributed by atoms with Gasteiger partial charge in [0.05, 0.1) is 67.1 Å². The number of nitrogens with one attached hydrogen (secondary N) is 2. The maximum atomic E-state index is 12.7. The number of hydrogen-bond donors (Lipinski definition) is 2. The van der Waals surface area contributed by atoms with Crippen LogP contribution in [0.3, 0.4) is 0 Å². The number of nitrogens with zero attached hydrogens (tertiary/aromatic N) is 1. The molecule has 58 heavy (non-hydrogen) atoms. The van der Waals surface area contributed by atoms with Crippen molar-refractivity contribution in [2.75, 3.05) is 61.2 Å². The highest BCUT2D eigenvalue weighted by molar-refractivity contribution is 6.03. The first-order chi connectivity index (χ1) is 28.3. The van der Waals surface area contributed by atoms with Crippen LogP contribution in [0.1, 0.15) is 96.2 Å². The van der Waals surface area contributed by atoms with Crippen molar-refractivity contribution in [1.29, 1.82) is 0 Å². The highest BCUT2D eigenvalue weighted by atomic mass is 16.6. The summed E-state index contributed by atoms with van der Waals surface area (Å²) in [6.45, 7) is 3.12. The SMILES string of the molecule is COc1cc(C2NC(=O)c3cc(C)ccc3N2)ccc1OCCCCCCCCCOc1c(OC)cc(C2CC(c3cc(OC)c(OC)c(OC)c3)=NO2)cc1OC. The molecule has 0 saturated carbocycles. The molecule has 4 aromatic rings. The molecule has 2 aliphatic rings. The van der Waals surface area contributed by atoms with Crippen LogP contribution in [0.5, 0.6) is 46.0 Å². The number of amides is 1. The zero-order valence-corrected chi connectivity index (χ0v) is 34.5. The van der Waals surface area contributed by atoms with E-state index in [2.05, 4.69) is 15.8 Å². The van der Waals surface area contributed by atoms with Crippen LogP contribution in [-0.4, -0.2) is 67.5 Å². The first-order valence-electron chi connectivity index (χ1n) is 19.7. The molecular formula is C45H55N3O10. The molecule has 13 nitrogen and oxygen atoms in total. The van der Waals surface area contributed by atoms with Crippen LogP contribution >= 0.6 is 0 Å². The molecule has 6 rings (SSSR count). The van der Waals surface area contributed by atoms with E-state index in [4.69, 9.17) is 42.7 Å². The second-order valence-corrected chi connectivity index (χ2v) is 14.2. The summed E-state index contributed by atoms with van der Waals surface area (Å²) < 4.78 is 45.9.